The summed E-state index contributed by atoms with van der Waals surface area (Å²) in [6.45, 7) is 5.08. The van der Waals surface area contributed by atoms with Crippen LogP contribution in [0.4, 0.5) is 0 Å². The first-order valence-corrected chi connectivity index (χ1v) is 11.6. The van der Waals surface area contributed by atoms with E-state index >= 15 is 0 Å². The fraction of sp³-hybridized carbons (Fsp3) is 0.783. The monoisotopic (exact) mass is 387 g/mol. The largest absolute Gasteiger partial charge is 0.486 e. The van der Waals surface area contributed by atoms with Gasteiger partial charge in [0.15, 0.2) is 5.06 Å². The molecule has 4 aliphatic carbocycles. The third kappa shape index (κ3) is 2.58. The molecule has 1 aromatic rings. The van der Waals surface area contributed by atoms with Crippen LogP contribution in [0.5, 0.6) is 5.06 Å². The molecule has 148 valence electrons. The van der Waals surface area contributed by atoms with Gasteiger partial charge in [-0.1, -0.05) is 36.8 Å². The van der Waals surface area contributed by atoms with Crippen molar-refractivity contribution in [3.8, 4) is 5.06 Å². The summed E-state index contributed by atoms with van der Waals surface area (Å²) in [5.41, 5.74) is 2.30. The van der Waals surface area contributed by atoms with Gasteiger partial charge in [-0.3, -0.25) is 0 Å². The Morgan fingerprint density at radius 1 is 1.15 bits per heavy atom. The summed E-state index contributed by atoms with van der Waals surface area (Å²) in [6.07, 6.45) is 14.0. The molecule has 0 spiro atoms. The highest BCUT2D eigenvalue weighted by Crippen LogP contribution is 2.68. The van der Waals surface area contributed by atoms with Crippen LogP contribution in [0.3, 0.4) is 0 Å². The number of fused-ring (bicyclic) bond motifs is 5. The zero-order chi connectivity index (χ0) is 18.8. The van der Waals surface area contributed by atoms with Crippen molar-refractivity contribution in [3.05, 3.63) is 22.9 Å². The molecule has 1 N–H and O–H groups in total. The van der Waals surface area contributed by atoms with Gasteiger partial charge in [0.2, 0.25) is 0 Å². The van der Waals surface area contributed by atoms with Crippen molar-refractivity contribution < 1.29 is 9.84 Å². The minimum atomic E-state index is -0.106. The third-order valence-corrected chi connectivity index (χ3v) is 10.2. The number of thiazole rings is 1. The Labute approximate surface area is 167 Å². The van der Waals surface area contributed by atoms with E-state index in [9.17, 15) is 5.11 Å². The zero-order valence-corrected chi connectivity index (χ0v) is 17.7. The molecule has 4 aliphatic rings. The molecule has 1 heterocycles. The summed E-state index contributed by atoms with van der Waals surface area (Å²) in [4.78, 5) is 4.75. The maximum Gasteiger partial charge on any atom is 0.193 e. The third-order valence-electron chi connectivity index (χ3n) is 9.08. The maximum atomic E-state index is 10.2. The van der Waals surface area contributed by atoms with Crippen molar-refractivity contribution in [2.75, 3.05) is 7.11 Å². The SMILES string of the molecule is COc1cnc([C@H]2CC[C@H]3[C@@H]4CC=C5C[C@@H](O)CC[C@]5(C)[C@H]4CC[C@]23C)s1. The van der Waals surface area contributed by atoms with E-state index in [0.29, 0.717) is 16.7 Å². The van der Waals surface area contributed by atoms with Gasteiger partial charge >= 0.3 is 0 Å². The lowest BCUT2D eigenvalue weighted by molar-refractivity contribution is -0.0409. The summed E-state index contributed by atoms with van der Waals surface area (Å²) in [7, 11) is 1.75. The van der Waals surface area contributed by atoms with Gasteiger partial charge in [-0.15, -0.1) is 0 Å². The van der Waals surface area contributed by atoms with Crippen LogP contribution in [0, 0.1) is 28.6 Å². The number of hydrogen-bond donors (Lipinski definition) is 1. The summed E-state index contributed by atoms with van der Waals surface area (Å²) in [5, 5.41) is 12.4. The van der Waals surface area contributed by atoms with Crippen LogP contribution in [0.15, 0.2) is 17.8 Å². The number of aliphatic hydroxyl groups is 1. The van der Waals surface area contributed by atoms with E-state index in [0.717, 1.165) is 35.7 Å². The highest BCUT2D eigenvalue weighted by molar-refractivity contribution is 7.13. The summed E-state index contributed by atoms with van der Waals surface area (Å²) < 4.78 is 5.42. The highest BCUT2D eigenvalue weighted by atomic mass is 32.1. The Kier molecular flexibility index (Phi) is 4.25. The van der Waals surface area contributed by atoms with Gasteiger partial charge in [0.05, 0.1) is 24.4 Å². The first-order chi connectivity index (χ1) is 13.0. The number of methoxy groups -OCH3 is 1. The van der Waals surface area contributed by atoms with Crippen LogP contribution in [-0.4, -0.2) is 23.3 Å². The lowest BCUT2D eigenvalue weighted by atomic mass is 9.47. The molecule has 5 rings (SSSR count). The number of rotatable bonds is 2. The first kappa shape index (κ1) is 18.2. The number of nitrogens with zero attached hydrogens (tertiary/aromatic N) is 1. The molecule has 27 heavy (non-hydrogen) atoms. The van der Waals surface area contributed by atoms with Gasteiger partial charge in [-0.05, 0) is 80.0 Å². The van der Waals surface area contributed by atoms with Crippen molar-refractivity contribution in [3.63, 3.8) is 0 Å². The second kappa shape index (κ2) is 6.32. The van der Waals surface area contributed by atoms with Gasteiger partial charge in [0.1, 0.15) is 0 Å². The lowest BCUT2D eigenvalue weighted by Crippen LogP contribution is -2.50. The Balaban J connectivity index is 1.45. The van der Waals surface area contributed by atoms with Crippen LogP contribution in [0.25, 0.3) is 0 Å². The molecule has 7 atom stereocenters. The average Bonchev–Trinajstić information content (AvgIpc) is 3.25. The van der Waals surface area contributed by atoms with E-state index in [-0.39, 0.29) is 6.10 Å². The molecule has 3 saturated carbocycles. The molecule has 0 saturated heterocycles. The molecule has 0 aliphatic heterocycles. The number of aromatic nitrogens is 1. The van der Waals surface area contributed by atoms with Crippen LogP contribution in [0.2, 0.25) is 0 Å². The van der Waals surface area contributed by atoms with Crippen LogP contribution in [-0.2, 0) is 0 Å². The fourth-order valence-corrected chi connectivity index (χ4v) is 8.60. The molecule has 3 fully saturated rings. The van der Waals surface area contributed by atoms with E-state index in [1.165, 1.54) is 43.5 Å². The molecule has 0 amide bonds. The molecule has 1 aromatic heterocycles. The molecule has 0 bridgehead atoms. The lowest BCUT2D eigenvalue weighted by Gasteiger charge is -2.58. The summed E-state index contributed by atoms with van der Waals surface area (Å²) >= 11 is 1.76. The topological polar surface area (TPSA) is 42.4 Å². The summed E-state index contributed by atoms with van der Waals surface area (Å²) in [6, 6.07) is 0. The van der Waals surface area contributed by atoms with Crippen molar-refractivity contribution in [1.29, 1.82) is 0 Å². The van der Waals surface area contributed by atoms with Gasteiger partial charge in [0.25, 0.3) is 0 Å². The van der Waals surface area contributed by atoms with E-state index < -0.39 is 0 Å². The number of hydrogen-bond acceptors (Lipinski definition) is 4. The number of ether oxygens (including phenoxy) is 1. The normalized spacial score (nSPS) is 46.2. The van der Waals surface area contributed by atoms with Crippen molar-refractivity contribution in [2.24, 2.45) is 28.6 Å². The Morgan fingerprint density at radius 3 is 2.78 bits per heavy atom. The van der Waals surface area contributed by atoms with Crippen molar-refractivity contribution in [1.82, 2.24) is 4.98 Å². The van der Waals surface area contributed by atoms with Crippen molar-refractivity contribution in [2.45, 2.75) is 77.2 Å². The van der Waals surface area contributed by atoms with E-state index in [1.54, 1.807) is 24.0 Å². The molecule has 3 nitrogen and oxygen atoms in total. The van der Waals surface area contributed by atoms with Gasteiger partial charge in [-0.25, -0.2) is 4.98 Å². The minimum absolute atomic E-state index is 0.106. The van der Waals surface area contributed by atoms with Gasteiger partial charge in [0, 0.05) is 5.92 Å². The van der Waals surface area contributed by atoms with E-state index in [1.807, 2.05) is 6.20 Å². The second-order valence-electron chi connectivity index (χ2n) is 10.1. The quantitative estimate of drug-likeness (QED) is 0.676. The zero-order valence-electron chi connectivity index (χ0n) is 16.9. The first-order valence-electron chi connectivity index (χ1n) is 10.8. The van der Waals surface area contributed by atoms with E-state index in [4.69, 9.17) is 9.72 Å². The van der Waals surface area contributed by atoms with Crippen LogP contribution in [0.1, 0.15) is 76.1 Å². The predicted molar refractivity (Wildman–Crippen MR) is 109 cm³/mol. The predicted octanol–water partition coefficient (Wildman–Crippen LogP) is 5.56. The van der Waals surface area contributed by atoms with Crippen molar-refractivity contribution >= 4 is 11.3 Å². The Hall–Kier alpha value is -0.870. The van der Waals surface area contributed by atoms with Gasteiger partial charge in [-0.2, -0.15) is 0 Å². The van der Waals surface area contributed by atoms with Crippen LogP contribution < -0.4 is 4.74 Å². The smallest absolute Gasteiger partial charge is 0.193 e. The van der Waals surface area contributed by atoms with Crippen LogP contribution >= 0.6 is 11.3 Å². The maximum absolute atomic E-state index is 10.2. The molecule has 0 unspecified atom stereocenters. The molecular weight excluding hydrogens is 354 g/mol. The molecule has 0 aromatic carbocycles. The number of aliphatic hydroxyl groups excluding tert-OH is 1. The Bertz CT molecular complexity index is 757. The summed E-state index contributed by atoms with van der Waals surface area (Å²) in [5.74, 6) is 3.05. The highest BCUT2D eigenvalue weighted by Gasteiger charge is 2.59. The average molecular weight is 388 g/mol. The second-order valence-corrected chi connectivity index (χ2v) is 11.1. The fourth-order valence-electron chi connectivity index (χ4n) is 7.57. The van der Waals surface area contributed by atoms with Gasteiger partial charge < -0.3 is 9.84 Å². The standard InChI is InChI=1S/C23H33NO2S/c1-22-10-8-15(25)12-14(22)4-5-16-17-6-7-19(21-24-13-20(26-3)27-21)23(17,2)11-9-18(16)22/h4,13,15-19,25H,5-12H2,1-3H3/t15-,16-,17-,18-,19+,22-,23-/m0/s1. The minimum Gasteiger partial charge on any atom is -0.486 e. The molecule has 4 heteroatoms. The number of allylic oxidation sites excluding steroid dienone is 1. The molecule has 0 radical (unpaired) electrons. The molecular formula is C23H33NO2S. The van der Waals surface area contributed by atoms with E-state index in [2.05, 4.69) is 19.9 Å². The Morgan fingerprint density at radius 2 is 2.00 bits per heavy atom.